The molecule has 0 spiro atoms. The lowest BCUT2D eigenvalue weighted by molar-refractivity contribution is 0.505. The van der Waals surface area contributed by atoms with Crippen molar-refractivity contribution >= 4 is 5.84 Å². The van der Waals surface area contributed by atoms with Crippen molar-refractivity contribution in [3.63, 3.8) is 0 Å². The summed E-state index contributed by atoms with van der Waals surface area (Å²) in [5, 5.41) is 0. The first-order valence-electron chi connectivity index (χ1n) is 6.07. The molecule has 2 heteroatoms. The molecular formula is C13H28N2. The van der Waals surface area contributed by atoms with E-state index < -0.39 is 0 Å². The first-order chi connectivity index (χ1) is 6.73. The topological polar surface area (TPSA) is 38.4 Å². The van der Waals surface area contributed by atoms with Gasteiger partial charge in [0, 0.05) is 11.5 Å². The van der Waals surface area contributed by atoms with E-state index in [0.29, 0.717) is 6.04 Å². The van der Waals surface area contributed by atoms with E-state index in [4.69, 9.17) is 5.73 Å². The summed E-state index contributed by atoms with van der Waals surface area (Å²) in [5.41, 5.74) is 5.94. The highest BCUT2D eigenvalue weighted by Gasteiger charge is 2.16. The van der Waals surface area contributed by atoms with E-state index in [9.17, 15) is 0 Å². The van der Waals surface area contributed by atoms with Crippen molar-refractivity contribution in [2.75, 3.05) is 0 Å². The summed E-state index contributed by atoms with van der Waals surface area (Å²) >= 11 is 0. The van der Waals surface area contributed by atoms with Gasteiger partial charge in [-0.15, -0.1) is 0 Å². The number of aliphatic imine (C=N–C) groups is 1. The van der Waals surface area contributed by atoms with E-state index in [0.717, 1.165) is 18.2 Å². The molecule has 0 bridgehead atoms. The van der Waals surface area contributed by atoms with Crippen LogP contribution in [0.25, 0.3) is 0 Å². The van der Waals surface area contributed by atoms with E-state index in [1.165, 1.54) is 12.8 Å². The summed E-state index contributed by atoms with van der Waals surface area (Å²) < 4.78 is 0. The standard InChI is InChI=1S/C13H28N2/c1-10(2)8-7-9-11(3)15-12(14)13(4,5)6/h10-11H,7-9H2,1-6H3,(H2,14,15). The van der Waals surface area contributed by atoms with Crippen LogP contribution in [0.2, 0.25) is 0 Å². The van der Waals surface area contributed by atoms with Crippen LogP contribution in [-0.2, 0) is 0 Å². The van der Waals surface area contributed by atoms with Crippen LogP contribution in [0.4, 0.5) is 0 Å². The Labute approximate surface area is 95.4 Å². The lowest BCUT2D eigenvalue weighted by Gasteiger charge is -2.19. The number of hydrogen-bond acceptors (Lipinski definition) is 1. The largest absolute Gasteiger partial charge is 0.387 e. The zero-order chi connectivity index (χ0) is 12.1. The molecule has 0 aromatic carbocycles. The van der Waals surface area contributed by atoms with Gasteiger partial charge in [0.1, 0.15) is 0 Å². The maximum Gasteiger partial charge on any atom is 0.0994 e. The normalized spacial score (nSPS) is 15.8. The van der Waals surface area contributed by atoms with Crippen molar-refractivity contribution in [1.29, 1.82) is 0 Å². The van der Waals surface area contributed by atoms with Crippen LogP contribution in [0, 0.1) is 11.3 Å². The minimum absolute atomic E-state index is 0.00626. The van der Waals surface area contributed by atoms with Gasteiger partial charge in [-0.2, -0.15) is 0 Å². The van der Waals surface area contributed by atoms with Gasteiger partial charge >= 0.3 is 0 Å². The molecule has 2 N–H and O–H groups in total. The average molecular weight is 212 g/mol. The number of rotatable bonds is 5. The third-order valence-corrected chi connectivity index (χ3v) is 2.53. The fraction of sp³-hybridized carbons (Fsp3) is 0.923. The van der Waals surface area contributed by atoms with Crippen LogP contribution in [0.1, 0.15) is 60.8 Å². The third kappa shape index (κ3) is 7.40. The minimum atomic E-state index is 0.00626. The molecule has 15 heavy (non-hydrogen) atoms. The molecule has 0 saturated carbocycles. The molecule has 0 heterocycles. The second-order valence-electron chi connectivity index (χ2n) is 5.94. The fourth-order valence-electron chi connectivity index (χ4n) is 1.32. The van der Waals surface area contributed by atoms with Gasteiger partial charge in [0.05, 0.1) is 5.84 Å². The van der Waals surface area contributed by atoms with E-state index >= 15 is 0 Å². The first kappa shape index (κ1) is 14.5. The maximum atomic E-state index is 5.93. The van der Waals surface area contributed by atoms with Crippen LogP contribution < -0.4 is 5.73 Å². The van der Waals surface area contributed by atoms with Crippen molar-refractivity contribution in [3.8, 4) is 0 Å². The van der Waals surface area contributed by atoms with Gasteiger partial charge in [-0.1, -0.05) is 47.5 Å². The second-order valence-corrected chi connectivity index (χ2v) is 5.94. The van der Waals surface area contributed by atoms with Gasteiger partial charge < -0.3 is 5.73 Å². The summed E-state index contributed by atoms with van der Waals surface area (Å²) in [7, 11) is 0. The predicted molar refractivity (Wildman–Crippen MR) is 69.2 cm³/mol. The molecular weight excluding hydrogens is 184 g/mol. The molecule has 2 nitrogen and oxygen atoms in total. The quantitative estimate of drug-likeness (QED) is 0.549. The van der Waals surface area contributed by atoms with E-state index in [1.807, 2.05) is 0 Å². The van der Waals surface area contributed by atoms with Gasteiger partial charge in [-0.05, 0) is 19.3 Å². The van der Waals surface area contributed by atoms with Crippen molar-refractivity contribution in [2.24, 2.45) is 22.1 Å². The molecule has 0 amide bonds. The minimum Gasteiger partial charge on any atom is -0.387 e. The van der Waals surface area contributed by atoms with Crippen LogP contribution in [-0.4, -0.2) is 11.9 Å². The zero-order valence-corrected chi connectivity index (χ0v) is 11.3. The highest BCUT2D eigenvalue weighted by atomic mass is 14.9. The molecule has 0 radical (unpaired) electrons. The smallest absolute Gasteiger partial charge is 0.0994 e. The molecule has 1 unspecified atom stereocenters. The highest BCUT2D eigenvalue weighted by molar-refractivity contribution is 5.85. The molecule has 0 aliphatic rings. The molecule has 1 atom stereocenters. The highest BCUT2D eigenvalue weighted by Crippen LogP contribution is 2.15. The van der Waals surface area contributed by atoms with Crippen LogP contribution in [0.3, 0.4) is 0 Å². The number of hydrogen-bond donors (Lipinski definition) is 1. The molecule has 0 saturated heterocycles. The summed E-state index contributed by atoms with van der Waals surface area (Å²) in [6.45, 7) is 13.0. The van der Waals surface area contributed by atoms with E-state index in [-0.39, 0.29) is 5.41 Å². The van der Waals surface area contributed by atoms with Gasteiger partial charge in [0.15, 0.2) is 0 Å². The zero-order valence-electron chi connectivity index (χ0n) is 11.3. The average Bonchev–Trinajstić information content (AvgIpc) is 2.01. The molecule has 0 fully saturated rings. The van der Waals surface area contributed by atoms with Gasteiger partial charge in [-0.3, -0.25) is 4.99 Å². The Morgan fingerprint density at radius 1 is 1.13 bits per heavy atom. The Morgan fingerprint density at radius 2 is 1.67 bits per heavy atom. The summed E-state index contributed by atoms with van der Waals surface area (Å²) in [4.78, 5) is 4.54. The Kier molecular flexibility index (Phi) is 5.92. The molecule has 0 aliphatic heterocycles. The van der Waals surface area contributed by atoms with Crippen LogP contribution >= 0.6 is 0 Å². The monoisotopic (exact) mass is 212 g/mol. The molecule has 0 aromatic heterocycles. The lowest BCUT2D eigenvalue weighted by Crippen LogP contribution is -2.30. The molecule has 0 aromatic rings. The molecule has 0 rings (SSSR count). The van der Waals surface area contributed by atoms with Gasteiger partial charge in [0.25, 0.3) is 0 Å². The number of amidine groups is 1. The Hall–Kier alpha value is -0.530. The van der Waals surface area contributed by atoms with Gasteiger partial charge in [0.2, 0.25) is 0 Å². The second kappa shape index (κ2) is 6.14. The Bertz CT molecular complexity index is 199. The van der Waals surface area contributed by atoms with Crippen molar-refractivity contribution in [1.82, 2.24) is 0 Å². The first-order valence-corrected chi connectivity index (χ1v) is 6.07. The van der Waals surface area contributed by atoms with Gasteiger partial charge in [-0.25, -0.2) is 0 Å². The predicted octanol–water partition coefficient (Wildman–Crippen LogP) is 3.60. The van der Waals surface area contributed by atoms with Crippen molar-refractivity contribution in [3.05, 3.63) is 0 Å². The third-order valence-electron chi connectivity index (χ3n) is 2.53. The van der Waals surface area contributed by atoms with Crippen LogP contribution in [0.5, 0.6) is 0 Å². The number of nitrogens with zero attached hydrogens (tertiary/aromatic N) is 1. The lowest BCUT2D eigenvalue weighted by atomic mass is 9.95. The van der Waals surface area contributed by atoms with Crippen molar-refractivity contribution < 1.29 is 0 Å². The molecule has 0 aliphatic carbocycles. The summed E-state index contributed by atoms with van der Waals surface area (Å²) in [6.07, 6.45) is 3.68. The maximum absolute atomic E-state index is 5.93. The van der Waals surface area contributed by atoms with E-state index in [2.05, 4.69) is 46.5 Å². The Morgan fingerprint density at radius 3 is 2.07 bits per heavy atom. The summed E-state index contributed by atoms with van der Waals surface area (Å²) in [5.74, 6) is 1.57. The molecule has 90 valence electrons. The Balaban J connectivity index is 3.97. The summed E-state index contributed by atoms with van der Waals surface area (Å²) in [6, 6.07) is 0.364. The van der Waals surface area contributed by atoms with E-state index in [1.54, 1.807) is 0 Å². The SMILES string of the molecule is CC(C)CCCC(C)N=C(N)C(C)(C)C. The number of nitrogens with two attached hydrogens (primary N) is 1. The fourth-order valence-corrected chi connectivity index (χ4v) is 1.32. The van der Waals surface area contributed by atoms with Crippen LogP contribution in [0.15, 0.2) is 4.99 Å². The van der Waals surface area contributed by atoms with Crippen molar-refractivity contribution in [2.45, 2.75) is 66.8 Å².